The second-order valence-electron chi connectivity index (χ2n) is 3.53. The second kappa shape index (κ2) is 4.91. The summed E-state index contributed by atoms with van der Waals surface area (Å²) < 4.78 is 0.970. The number of rotatable bonds is 3. The van der Waals surface area contributed by atoms with Gasteiger partial charge in [-0.05, 0) is 30.5 Å². The predicted octanol–water partition coefficient (Wildman–Crippen LogP) is 2.53. The van der Waals surface area contributed by atoms with Crippen molar-refractivity contribution in [2.45, 2.75) is 32.4 Å². The monoisotopic (exact) mass is 257 g/mol. The van der Waals surface area contributed by atoms with E-state index in [1.165, 1.54) is 5.56 Å². The average molecular weight is 258 g/mol. The Labute approximate surface area is 93.3 Å². The van der Waals surface area contributed by atoms with E-state index in [4.69, 9.17) is 5.73 Å². The molecule has 0 aromatic heterocycles. The fraction of sp³-hybridized carbons (Fsp3) is 0.455. The zero-order valence-electron chi connectivity index (χ0n) is 8.50. The summed E-state index contributed by atoms with van der Waals surface area (Å²) >= 11 is 3.45. The molecular formula is C11H16BrNO. The van der Waals surface area contributed by atoms with Crippen molar-refractivity contribution in [3.05, 3.63) is 33.8 Å². The molecule has 3 heteroatoms. The highest BCUT2D eigenvalue weighted by Gasteiger charge is 2.16. The standard InChI is InChI=1S/C11H16BrNO/c1-3-10(14)11(13)8-5-4-7(2)6-9(8)12/h4-6,10-11,14H,3,13H2,1-2H3/t10-,11+/m1/s1. The third-order valence-corrected chi connectivity index (χ3v) is 3.03. The van der Waals surface area contributed by atoms with Crippen LogP contribution >= 0.6 is 15.9 Å². The summed E-state index contributed by atoms with van der Waals surface area (Å²) in [6, 6.07) is 5.66. The minimum absolute atomic E-state index is 0.310. The van der Waals surface area contributed by atoms with Gasteiger partial charge in [0.2, 0.25) is 0 Å². The van der Waals surface area contributed by atoms with Crippen molar-refractivity contribution in [1.82, 2.24) is 0 Å². The molecule has 0 saturated carbocycles. The van der Waals surface area contributed by atoms with Gasteiger partial charge in [-0.25, -0.2) is 0 Å². The molecule has 14 heavy (non-hydrogen) atoms. The minimum atomic E-state index is -0.478. The van der Waals surface area contributed by atoms with E-state index in [0.29, 0.717) is 6.42 Å². The van der Waals surface area contributed by atoms with Crippen LogP contribution in [0, 0.1) is 6.92 Å². The van der Waals surface area contributed by atoms with Gasteiger partial charge in [0, 0.05) is 4.47 Å². The molecule has 0 spiro atoms. The van der Waals surface area contributed by atoms with Crippen molar-refractivity contribution in [2.24, 2.45) is 5.73 Å². The number of aryl methyl sites for hydroxylation is 1. The van der Waals surface area contributed by atoms with Gasteiger partial charge >= 0.3 is 0 Å². The van der Waals surface area contributed by atoms with E-state index < -0.39 is 6.10 Å². The first-order valence-electron chi connectivity index (χ1n) is 4.76. The van der Waals surface area contributed by atoms with Crippen molar-refractivity contribution in [3.63, 3.8) is 0 Å². The fourth-order valence-corrected chi connectivity index (χ4v) is 2.12. The van der Waals surface area contributed by atoms with Gasteiger partial charge < -0.3 is 10.8 Å². The molecule has 0 aliphatic heterocycles. The Morgan fingerprint density at radius 3 is 2.64 bits per heavy atom. The fourth-order valence-electron chi connectivity index (χ4n) is 1.36. The van der Waals surface area contributed by atoms with E-state index in [-0.39, 0.29) is 6.04 Å². The molecule has 0 amide bonds. The smallest absolute Gasteiger partial charge is 0.0730 e. The number of nitrogens with two attached hydrogens (primary N) is 1. The lowest BCUT2D eigenvalue weighted by molar-refractivity contribution is 0.140. The molecule has 2 atom stereocenters. The molecule has 0 unspecified atom stereocenters. The zero-order chi connectivity index (χ0) is 10.7. The highest BCUT2D eigenvalue weighted by atomic mass is 79.9. The van der Waals surface area contributed by atoms with E-state index in [1.807, 2.05) is 32.0 Å². The van der Waals surface area contributed by atoms with Gasteiger partial charge in [-0.3, -0.25) is 0 Å². The number of benzene rings is 1. The number of aliphatic hydroxyl groups excluding tert-OH is 1. The molecule has 3 N–H and O–H groups in total. The van der Waals surface area contributed by atoms with Crippen LogP contribution in [0.1, 0.15) is 30.5 Å². The Morgan fingerprint density at radius 2 is 2.14 bits per heavy atom. The Balaban J connectivity index is 2.95. The number of hydrogen-bond donors (Lipinski definition) is 2. The van der Waals surface area contributed by atoms with Crippen LogP contribution in [0.4, 0.5) is 0 Å². The topological polar surface area (TPSA) is 46.2 Å². The first kappa shape index (κ1) is 11.7. The van der Waals surface area contributed by atoms with Crippen molar-refractivity contribution < 1.29 is 5.11 Å². The van der Waals surface area contributed by atoms with Crippen molar-refractivity contribution in [3.8, 4) is 0 Å². The highest BCUT2D eigenvalue weighted by molar-refractivity contribution is 9.10. The quantitative estimate of drug-likeness (QED) is 0.875. The van der Waals surface area contributed by atoms with Crippen LogP contribution in [0.25, 0.3) is 0 Å². The summed E-state index contributed by atoms with van der Waals surface area (Å²) in [5.74, 6) is 0. The van der Waals surface area contributed by atoms with E-state index >= 15 is 0 Å². The molecule has 2 nitrogen and oxygen atoms in total. The number of hydrogen-bond acceptors (Lipinski definition) is 2. The first-order valence-corrected chi connectivity index (χ1v) is 5.55. The van der Waals surface area contributed by atoms with Crippen LogP contribution in [0.5, 0.6) is 0 Å². The minimum Gasteiger partial charge on any atom is -0.391 e. The molecule has 1 rings (SSSR count). The lowest BCUT2D eigenvalue weighted by Crippen LogP contribution is -2.25. The molecular weight excluding hydrogens is 242 g/mol. The molecule has 0 bridgehead atoms. The van der Waals surface area contributed by atoms with E-state index in [1.54, 1.807) is 0 Å². The van der Waals surface area contributed by atoms with Crippen LogP contribution in [0.3, 0.4) is 0 Å². The van der Waals surface area contributed by atoms with Gasteiger partial charge in [-0.2, -0.15) is 0 Å². The van der Waals surface area contributed by atoms with Crippen LogP contribution in [-0.4, -0.2) is 11.2 Å². The first-order chi connectivity index (χ1) is 6.56. The SMILES string of the molecule is CC[C@@H](O)[C@@H](N)c1ccc(C)cc1Br. The van der Waals surface area contributed by atoms with Gasteiger partial charge in [-0.15, -0.1) is 0 Å². The molecule has 0 aliphatic rings. The summed E-state index contributed by atoms with van der Waals surface area (Å²) in [7, 11) is 0. The summed E-state index contributed by atoms with van der Waals surface area (Å²) in [6.45, 7) is 3.95. The Hall–Kier alpha value is -0.380. The van der Waals surface area contributed by atoms with Crippen molar-refractivity contribution in [2.75, 3.05) is 0 Å². The Kier molecular flexibility index (Phi) is 4.11. The maximum atomic E-state index is 9.63. The average Bonchev–Trinajstić information content (AvgIpc) is 2.15. The summed E-state index contributed by atoms with van der Waals surface area (Å²) in [5, 5.41) is 9.63. The molecule has 1 aromatic carbocycles. The van der Waals surface area contributed by atoms with Crippen molar-refractivity contribution >= 4 is 15.9 Å². The van der Waals surface area contributed by atoms with Gasteiger partial charge in [-0.1, -0.05) is 35.0 Å². The maximum absolute atomic E-state index is 9.63. The summed E-state index contributed by atoms with van der Waals surface area (Å²) in [4.78, 5) is 0. The van der Waals surface area contributed by atoms with Crippen LogP contribution in [0.2, 0.25) is 0 Å². The van der Waals surface area contributed by atoms with E-state index in [9.17, 15) is 5.11 Å². The molecule has 0 aliphatic carbocycles. The van der Waals surface area contributed by atoms with Crippen LogP contribution < -0.4 is 5.73 Å². The van der Waals surface area contributed by atoms with Crippen LogP contribution in [-0.2, 0) is 0 Å². The largest absolute Gasteiger partial charge is 0.391 e. The molecule has 0 radical (unpaired) electrons. The van der Waals surface area contributed by atoms with Crippen LogP contribution in [0.15, 0.2) is 22.7 Å². The summed E-state index contributed by atoms with van der Waals surface area (Å²) in [5.41, 5.74) is 8.06. The van der Waals surface area contributed by atoms with Gasteiger partial charge in [0.15, 0.2) is 0 Å². The van der Waals surface area contributed by atoms with E-state index in [0.717, 1.165) is 10.0 Å². The molecule has 78 valence electrons. The third-order valence-electron chi connectivity index (χ3n) is 2.35. The Morgan fingerprint density at radius 1 is 1.50 bits per heavy atom. The lowest BCUT2D eigenvalue weighted by Gasteiger charge is -2.19. The predicted molar refractivity (Wildman–Crippen MR) is 62.1 cm³/mol. The van der Waals surface area contributed by atoms with Gasteiger partial charge in [0.05, 0.1) is 12.1 Å². The lowest BCUT2D eigenvalue weighted by atomic mass is 10.00. The molecule has 0 fully saturated rings. The zero-order valence-corrected chi connectivity index (χ0v) is 10.1. The van der Waals surface area contributed by atoms with Gasteiger partial charge in [0.25, 0.3) is 0 Å². The normalized spacial score (nSPS) is 15.2. The molecule has 0 heterocycles. The second-order valence-corrected chi connectivity index (χ2v) is 4.38. The maximum Gasteiger partial charge on any atom is 0.0730 e. The Bertz CT molecular complexity index is 314. The van der Waals surface area contributed by atoms with E-state index in [2.05, 4.69) is 15.9 Å². The summed E-state index contributed by atoms with van der Waals surface area (Å²) in [6.07, 6.45) is 0.190. The molecule has 0 saturated heterocycles. The third kappa shape index (κ3) is 2.56. The molecule has 1 aromatic rings. The number of aliphatic hydroxyl groups is 1. The number of halogens is 1. The highest BCUT2D eigenvalue weighted by Crippen LogP contribution is 2.25. The van der Waals surface area contributed by atoms with Crippen molar-refractivity contribution in [1.29, 1.82) is 0 Å². The van der Waals surface area contributed by atoms with Gasteiger partial charge in [0.1, 0.15) is 0 Å².